The number of aliphatic hydroxyl groups is 1. The summed E-state index contributed by atoms with van der Waals surface area (Å²) in [6, 6.07) is 9.70. The summed E-state index contributed by atoms with van der Waals surface area (Å²) in [6.45, 7) is 3.69. The van der Waals surface area contributed by atoms with Gasteiger partial charge in [0, 0.05) is 18.2 Å². The van der Waals surface area contributed by atoms with E-state index < -0.39 is 11.6 Å². The van der Waals surface area contributed by atoms with Crippen molar-refractivity contribution < 1.29 is 24.2 Å². The molecule has 1 aliphatic heterocycles. The number of nitrogens with zero attached hydrogens (tertiary/aromatic N) is 3. The summed E-state index contributed by atoms with van der Waals surface area (Å²) in [5.41, 5.74) is 0.823. The highest BCUT2D eigenvalue weighted by atomic mass is 16.5. The molecule has 2 aliphatic rings. The van der Waals surface area contributed by atoms with Crippen LogP contribution in [0.2, 0.25) is 0 Å². The van der Waals surface area contributed by atoms with Crippen LogP contribution >= 0.6 is 0 Å². The number of imidazole rings is 1. The molecule has 31 heavy (non-hydrogen) atoms. The maximum atomic E-state index is 12.5. The molecule has 1 aliphatic carbocycles. The number of esters is 1. The summed E-state index contributed by atoms with van der Waals surface area (Å²) in [7, 11) is 0. The average Bonchev–Trinajstić information content (AvgIpc) is 3.19. The largest absolute Gasteiger partial charge is 0.461 e. The molecule has 166 valence electrons. The first-order valence-electron chi connectivity index (χ1n) is 10.9. The molecule has 0 bridgehead atoms. The first kappa shape index (κ1) is 21.5. The van der Waals surface area contributed by atoms with Crippen molar-refractivity contribution in [3.63, 3.8) is 0 Å². The quantitative estimate of drug-likeness (QED) is 0.711. The summed E-state index contributed by atoms with van der Waals surface area (Å²) in [5, 5.41) is 11.3. The molecule has 1 aromatic carbocycles. The van der Waals surface area contributed by atoms with E-state index in [0.717, 1.165) is 18.4 Å². The number of amides is 1. The Bertz CT molecular complexity index is 919. The predicted molar refractivity (Wildman–Crippen MR) is 113 cm³/mol. The molecular weight excluding hydrogens is 398 g/mol. The normalized spacial score (nSPS) is 24.3. The second-order valence-electron chi connectivity index (χ2n) is 8.25. The highest BCUT2D eigenvalue weighted by molar-refractivity contribution is 5.94. The molecule has 0 unspecified atom stereocenters. The van der Waals surface area contributed by atoms with Gasteiger partial charge in [-0.2, -0.15) is 0 Å². The maximum absolute atomic E-state index is 12.5. The van der Waals surface area contributed by atoms with Crippen LogP contribution in [0, 0.1) is 0 Å². The van der Waals surface area contributed by atoms with Gasteiger partial charge in [-0.15, -0.1) is 0 Å². The summed E-state index contributed by atoms with van der Waals surface area (Å²) < 4.78 is 12.3. The Hall–Kier alpha value is -2.71. The molecule has 4 rings (SSSR count). The van der Waals surface area contributed by atoms with Gasteiger partial charge in [-0.25, -0.2) is 9.78 Å². The van der Waals surface area contributed by atoms with E-state index in [4.69, 9.17) is 9.47 Å². The van der Waals surface area contributed by atoms with E-state index >= 15 is 0 Å². The Balaban J connectivity index is 1.52. The summed E-state index contributed by atoms with van der Waals surface area (Å²) in [6.07, 6.45) is 4.22. The summed E-state index contributed by atoms with van der Waals surface area (Å²) in [4.78, 5) is 30.8. The van der Waals surface area contributed by atoms with Gasteiger partial charge in [0.25, 0.3) is 0 Å². The molecule has 8 heteroatoms. The molecule has 8 nitrogen and oxygen atoms in total. The zero-order valence-corrected chi connectivity index (χ0v) is 17.8. The maximum Gasteiger partial charge on any atom is 0.359 e. The van der Waals surface area contributed by atoms with E-state index in [1.54, 1.807) is 13.3 Å². The SMILES string of the molecule is CCOC(=O)c1ncn(C[C@]2(O)CC[C@H](N3CCOCC3=O)CC2)c1-c1ccccc1. The third kappa shape index (κ3) is 4.65. The van der Waals surface area contributed by atoms with Crippen LogP contribution in [0.15, 0.2) is 36.7 Å². The van der Waals surface area contributed by atoms with Crippen molar-refractivity contribution in [2.75, 3.05) is 26.4 Å². The van der Waals surface area contributed by atoms with Crippen molar-refractivity contribution in [3.05, 3.63) is 42.4 Å². The van der Waals surface area contributed by atoms with Crippen molar-refractivity contribution in [3.8, 4) is 11.3 Å². The molecule has 2 aromatic rings. The smallest absolute Gasteiger partial charge is 0.359 e. The molecule has 2 heterocycles. The highest BCUT2D eigenvalue weighted by Crippen LogP contribution is 2.34. The monoisotopic (exact) mass is 427 g/mol. The lowest BCUT2D eigenvalue weighted by Gasteiger charge is -2.42. The first-order valence-corrected chi connectivity index (χ1v) is 10.9. The third-order valence-electron chi connectivity index (χ3n) is 6.17. The van der Waals surface area contributed by atoms with Crippen molar-refractivity contribution in [2.24, 2.45) is 0 Å². The van der Waals surface area contributed by atoms with Gasteiger partial charge in [0.2, 0.25) is 5.91 Å². The molecule has 1 saturated heterocycles. The minimum Gasteiger partial charge on any atom is -0.461 e. The zero-order valence-electron chi connectivity index (χ0n) is 17.8. The molecule has 1 saturated carbocycles. The molecule has 1 N–H and O–H groups in total. The lowest BCUT2D eigenvalue weighted by atomic mass is 9.81. The van der Waals surface area contributed by atoms with Crippen LogP contribution in [0.25, 0.3) is 11.3 Å². The lowest BCUT2D eigenvalue weighted by molar-refractivity contribution is -0.148. The second kappa shape index (κ2) is 9.20. The number of hydrogen-bond donors (Lipinski definition) is 1. The van der Waals surface area contributed by atoms with E-state index in [2.05, 4.69) is 4.98 Å². The van der Waals surface area contributed by atoms with E-state index in [-0.39, 0.29) is 30.9 Å². The fraction of sp³-hybridized carbons (Fsp3) is 0.522. The molecule has 2 fully saturated rings. The minimum absolute atomic E-state index is 0.0294. The Morgan fingerprint density at radius 1 is 1.29 bits per heavy atom. The van der Waals surface area contributed by atoms with Gasteiger partial charge in [-0.1, -0.05) is 30.3 Å². The Morgan fingerprint density at radius 3 is 2.71 bits per heavy atom. The van der Waals surface area contributed by atoms with Crippen molar-refractivity contribution in [1.29, 1.82) is 0 Å². The van der Waals surface area contributed by atoms with Gasteiger partial charge in [0.05, 0.1) is 37.4 Å². The number of hydrogen-bond acceptors (Lipinski definition) is 6. The van der Waals surface area contributed by atoms with Gasteiger partial charge in [-0.3, -0.25) is 4.79 Å². The topological polar surface area (TPSA) is 93.9 Å². The number of morpholine rings is 1. The predicted octanol–water partition coefficient (Wildman–Crippen LogP) is 2.26. The summed E-state index contributed by atoms with van der Waals surface area (Å²) >= 11 is 0. The van der Waals surface area contributed by atoms with Gasteiger partial charge in [-0.05, 0) is 32.6 Å². The van der Waals surface area contributed by atoms with E-state index in [0.29, 0.717) is 38.2 Å². The molecule has 0 radical (unpaired) electrons. The van der Waals surface area contributed by atoms with Crippen LogP contribution in [0.5, 0.6) is 0 Å². The van der Waals surface area contributed by atoms with Crippen LogP contribution in [0.3, 0.4) is 0 Å². The van der Waals surface area contributed by atoms with Crippen molar-refractivity contribution in [2.45, 2.75) is 50.8 Å². The standard InChI is InChI=1S/C23H29N3O5/c1-2-31-22(28)20-21(17-6-4-3-5-7-17)25(16-24-20)15-23(29)10-8-18(9-11-23)26-12-13-30-14-19(26)27/h3-7,16,18,29H,2,8-15H2,1H3/t18-,23-. The number of ether oxygens (including phenoxy) is 2. The highest BCUT2D eigenvalue weighted by Gasteiger charge is 2.38. The molecule has 1 aromatic heterocycles. The summed E-state index contributed by atoms with van der Waals surface area (Å²) in [5.74, 6) is -0.441. The number of carbonyl (C=O) groups is 2. The van der Waals surface area contributed by atoms with Crippen LogP contribution < -0.4 is 0 Å². The molecule has 1 amide bonds. The van der Waals surface area contributed by atoms with Crippen LogP contribution in [0.4, 0.5) is 0 Å². The van der Waals surface area contributed by atoms with E-state index in [1.807, 2.05) is 39.8 Å². The van der Waals surface area contributed by atoms with Gasteiger partial charge in [0.15, 0.2) is 5.69 Å². The number of benzene rings is 1. The lowest BCUT2D eigenvalue weighted by Crippen LogP contribution is -2.51. The second-order valence-corrected chi connectivity index (χ2v) is 8.25. The Kier molecular flexibility index (Phi) is 6.38. The number of rotatable bonds is 6. The molecule has 0 spiro atoms. The molecular formula is C23H29N3O5. The van der Waals surface area contributed by atoms with E-state index in [9.17, 15) is 14.7 Å². The molecule has 0 atom stereocenters. The van der Waals surface area contributed by atoms with E-state index in [1.165, 1.54) is 0 Å². The van der Waals surface area contributed by atoms with Gasteiger partial charge in [0.1, 0.15) is 6.61 Å². The van der Waals surface area contributed by atoms with Crippen molar-refractivity contribution >= 4 is 11.9 Å². The number of aromatic nitrogens is 2. The van der Waals surface area contributed by atoms with Crippen LogP contribution in [-0.2, 0) is 20.8 Å². The first-order chi connectivity index (χ1) is 15.0. The van der Waals surface area contributed by atoms with Crippen molar-refractivity contribution in [1.82, 2.24) is 14.5 Å². The third-order valence-corrected chi connectivity index (χ3v) is 6.17. The van der Waals surface area contributed by atoms with Gasteiger partial charge < -0.3 is 24.0 Å². The van der Waals surface area contributed by atoms with Gasteiger partial charge >= 0.3 is 5.97 Å². The fourth-order valence-corrected chi connectivity index (χ4v) is 4.59. The van der Waals surface area contributed by atoms with Crippen LogP contribution in [-0.4, -0.2) is 69.4 Å². The Labute approximate surface area is 181 Å². The number of carbonyl (C=O) groups excluding carboxylic acids is 2. The zero-order chi connectivity index (χ0) is 21.8. The minimum atomic E-state index is -0.929. The van der Waals surface area contributed by atoms with Crippen LogP contribution in [0.1, 0.15) is 43.1 Å². The average molecular weight is 428 g/mol. The fourth-order valence-electron chi connectivity index (χ4n) is 4.59. The Morgan fingerprint density at radius 2 is 2.03 bits per heavy atom.